The van der Waals surface area contributed by atoms with Gasteiger partial charge in [-0.3, -0.25) is 9.59 Å². The number of likely N-dealkylation sites (tertiary alicyclic amines) is 1. The molecule has 2 rings (SSSR count). The molecule has 1 aromatic rings. The SMILES string of the molecule is CCCNCCNC(=O)C1CCCN(C(=O)c2cc(C)cc(C)c2)C1.Cl. The van der Waals surface area contributed by atoms with Crippen LogP contribution in [0.1, 0.15) is 47.7 Å². The molecule has 0 saturated carbocycles. The lowest BCUT2D eigenvalue weighted by Crippen LogP contribution is -2.46. The van der Waals surface area contributed by atoms with Crippen LogP contribution in [0.5, 0.6) is 0 Å². The van der Waals surface area contributed by atoms with E-state index in [1.54, 1.807) is 0 Å². The van der Waals surface area contributed by atoms with Gasteiger partial charge in [0.2, 0.25) is 5.91 Å². The largest absolute Gasteiger partial charge is 0.355 e. The zero-order valence-electron chi connectivity index (χ0n) is 16.1. The highest BCUT2D eigenvalue weighted by Gasteiger charge is 2.28. The number of hydrogen-bond acceptors (Lipinski definition) is 3. The van der Waals surface area contributed by atoms with Gasteiger partial charge in [0.1, 0.15) is 0 Å². The number of carbonyl (C=O) groups is 2. The van der Waals surface area contributed by atoms with Crippen LogP contribution >= 0.6 is 12.4 Å². The molecule has 1 fully saturated rings. The fourth-order valence-corrected chi connectivity index (χ4v) is 3.38. The Morgan fingerprint density at radius 2 is 1.81 bits per heavy atom. The number of nitrogens with zero attached hydrogens (tertiary/aromatic N) is 1. The molecule has 0 aliphatic carbocycles. The summed E-state index contributed by atoms with van der Waals surface area (Å²) < 4.78 is 0. The molecular formula is C20H32ClN3O2. The molecule has 26 heavy (non-hydrogen) atoms. The van der Waals surface area contributed by atoms with E-state index in [1.165, 1.54) is 0 Å². The smallest absolute Gasteiger partial charge is 0.253 e. The van der Waals surface area contributed by atoms with Gasteiger partial charge in [0.25, 0.3) is 5.91 Å². The van der Waals surface area contributed by atoms with Crippen molar-refractivity contribution in [3.63, 3.8) is 0 Å². The van der Waals surface area contributed by atoms with Crippen LogP contribution in [0, 0.1) is 19.8 Å². The van der Waals surface area contributed by atoms with Crippen molar-refractivity contribution in [2.75, 3.05) is 32.7 Å². The molecule has 0 bridgehead atoms. The maximum absolute atomic E-state index is 12.8. The van der Waals surface area contributed by atoms with Gasteiger partial charge in [0.15, 0.2) is 0 Å². The first-order valence-electron chi connectivity index (χ1n) is 9.37. The fraction of sp³-hybridized carbons (Fsp3) is 0.600. The maximum Gasteiger partial charge on any atom is 0.253 e. The minimum atomic E-state index is -0.102. The third kappa shape index (κ3) is 6.61. The third-order valence-corrected chi connectivity index (χ3v) is 4.58. The van der Waals surface area contributed by atoms with Crippen LogP contribution < -0.4 is 10.6 Å². The van der Waals surface area contributed by atoms with Crippen molar-refractivity contribution in [1.82, 2.24) is 15.5 Å². The summed E-state index contributed by atoms with van der Waals surface area (Å²) in [6.45, 7) is 9.77. The van der Waals surface area contributed by atoms with Crippen LogP contribution in [0.25, 0.3) is 0 Å². The van der Waals surface area contributed by atoms with Gasteiger partial charge in [-0.25, -0.2) is 0 Å². The van der Waals surface area contributed by atoms with Crippen molar-refractivity contribution in [3.8, 4) is 0 Å². The number of carbonyl (C=O) groups excluding carboxylic acids is 2. The average Bonchev–Trinajstić information content (AvgIpc) is 2.60. The normalized spacial score (nSPS) is 16.7. The number of aryl methyl sites for hydroxylation is 2. The molecular weight excluding hydrogens is 350 g/mol. The molecule has 0 aromatic heterocycles. The van der Waals surface area contributed by atoms with Gasteiger partial charge in [-0.2, -0.15) is 0 Å². The highest BCUT2D eigenvalue weighted by molar-refractivity contribution is 5.95. The zero-order chi connectivity index (χ0) is 18.2. The monoisotopic (exact) mass is 381 g/mol. The molecule has 1 atom stereocenters. The van der Waals surface area contributed by atoms with Gasteiger partial charge in [0, 0.05) is 31.7 Å². The Balaban J connectivity index is 0.00000338. The summed E-state index contributed by atoms with van der Waals surface area (Å²) in [6, 6.07) is 5.92. The number of benzene rings is 1. The van der Waals surface area contributed by atoms with Crippen molar-refractivity contribution in [2.24, 2.45) is 5.92 Å². The van der Waals surface area contributed by atoms with E-state index in [0.717, 1.165) is 55.6 Å². The number of rotatable bonds is 7. The number of hydrogen-bond donors (Lipinski definition) is 2. The summed E-state index contributed by atoms with van der Waals surface area (Å²) in [4.78, 5) is 27.0. The third-order valence-electron chi connectivity index (χ3n) is 4.58. The first-order valence-corrected chi connectivity index (χ1v) is 9.37. The van der Waals surface area contributed by atoms with E-state index in [9.17, 15) is 9.59 Å². The van der Waals surface area contributed by atoms with Crippen LogP contribution in [-0.4, -0.2) is 49.4 Å². The van der Waals surface area contributed by atoms with Gasteiger partial charge in [-0.1, -0.05) is 24.1 Å². The molecule has 1 aliphatic heterocycles. The van der Waals surface area contributed by atoms with Crippen molar-refractivity contribution >= 4 is 24.2 Å². The van der Waals surface area contributed by atoms with E-state index >= 15 is 0 Å². The summed E-state index contributed by atoms with van der Waals surface area (Å²) in [5.74, 6) is -0.0000787. The molecule has 2 amide bonds. The van der Waals surface area contributed by atoms with E-state index < -0.39 is 0 Å². The Hall–Kier alpha value is -1.59. The highest BCUT2D eigenvalue weighted by Crippen LogP contribution is 2.20. The number of amides is 2. The molecule has 6 heteroatoms. The molecule has 5 nitrogen and oxygen atoms in total. The van der Waals surface area contributed by atoms with E-state index in [0.29, 0.717) is 13.1 Å². The molecule has 0 spiro atoms. The number of piperidine rings is 1. The van der Waals surface area contributed by atoms with Crippen molar-refractivity contribution in [3.05, 3.63) is 34.9 Å². The molecule has 1 heterocycles. The second-order valence-electron chi connectivity index (χ2n) is 7.01. The van der Waals surface area contributed by atoms with E-state index in [2.05, 4.69) is 23.6 Å². The molecule has 1 unspecified atom stereocenters. The van der Waals surface area contributed by atoms with Gasteiger partial charge in [-0.05, 0) is 51.8 Å². The molecule has 1 aromatic carbocycles. The Kier molecular flexibility index (Phi) is 9.66. The van der Waals surface area contributed by atoms with Crippen molar-refractivity contribution in [1.29, 1.82) is 0 Å². The van der Waals surface area contributed by atoms with Crippen molar-refractivity contribution < 1.29 is 9.59 Å². The lowest BCUT2D eigenvalue weighted by atomic mass is 9.96. The average molecular weight is 382 g/mol. The minimum Gasteiger partial charge on any atom is -0.355 e. The van der Waals surface area contributed by atoms with E-state index in [1.807, 2.05) is 30.9 Å². The quantitative estimate of drug-likeness (QED) is 0.714. The summed E-state index contributed by atoms with van der Waals surface area (Å²) in [7, 11) is 0. The van der Waals surface area contributed by atoms with Crippen molar-refractivity contribution in [2.45, 2.75) is 40.0 Å². The number of halogens is 1. The number of nitrogens with one attached hydrogen (secondary N) is 2. The fourth-order valence-electron chi connectivity index (χ4n) is 3.38. The van der Waals surface area contributed by atoms with Gasteiger partial charge in [0.05, 0.1) is 5.92 Å². The molecule has 1 saturated heterocycles. The predicted molar refractivity (Wildman–Crippen MR) is 108 cm³/mol. The van der Waals surface area contributed by atoms with E-state index in [4.69, 9.17) is 0 Å². The van der Waals surface area contributed by atoms with Gasteiger partial charge >= 0.3 is 0 Å². The van der Waals surface area contributed by atoms with E-state index in [-0.39, 0.29) is 30.1 Å². The second-order valence-corrected chi connectivity index (χ2v) is 7.01. The standard InChI is InChI=1S/C20H31N3O2.ClH/c1-4-7-21-8-9-22-19(24)17-6-5-10-23(14-17)20(25)18-12-15(2)11-16(3)13-18;/h11-13,17,21H,4-10,14H2,1-3H3,(H,22,24);1H. The Morgan fingerprint density at radius 1 is 1.12 bits per heavy atom. The highest BCUT2D eigenvalue weighted by atomic mass is 35.5. The van der Waals surface area contributed by atoms with Crippen LogP contribution in [0.3, 0.4) is 0 Å². The molecule has 1 aliphatic rings. The summed E-state index contributed by atoms with van der Waals surface area (Å²) in [5, 5.41) is 6.26. The Labute approximate surface area is 163 Å². The summed E-state index contributed by atoms with van der Waals surface area (Å²) in [6.07, 6.45) is 2.82. The van der Waals surface area contributed by atoms with Crippen LogP contribution in [0.2, 0.25) is 0 Å². The Bertz CT molecular complexity index is 586. The lowest BCUT2D eigenvalue weighted by molar-refractivity contribution is -0.126. The minimum absolute atomic E-state index is 0. The van der Waals surface area contributed by atoms with Crippen LogP contribution in [-0.2, 0) is 4.79 Å². The topological polar surface area (TPSA) is 61.4 Å². The maximum atomic E-state index is 12.8. The summed E-state index contributed by atoms with van der Waals surface area (Å²) in [5.41, 5.74) is 2.91. The zero-order valence-corrected chi connectivity index (χ0v) is 17.0. The first-order chi connectivity index (χ1) is 12.0. The predicted octanol–water partition coefficient (Wildman–Crippen LogP) is 2.69. The Morgan fingerprint density at radius 3 is 2.46 bits per heavy atom. The van der Waals surface area contributed by atoms with Gasteiger partial charge in [-0.15, -0.1) is 12.4 Å². The first kappa shape index (κ1) is 22.5. The van der Waals surface area contributed by atoms with Gasteiger partial charge < -0.3 is 15.5 Å². The molecule has 146 valence electrons. The lowest BCUT2D eigenvalue weighted by Gasteiger charge is -2.32. The summed E-state index contributed by atoms with van der Waals surface area (Å²) >= 11 is 0. The van der Waals surface area contributed by atoms with Crippen LogP contribution in [0.15, 0.2) is 18.2 Å². The second kappa shape index (κ2) is 11.2. The molecule has 0 radical (unpaired) electrons. The van der Waals surface area contributed by atoms with Crippen LogP contribution in [0.4, 0.5) is 0 Å². The molecule has 2 N–H and O–H groups in total.